The molecule has 0 aliphatic heterocycles. The molecular formula is C17H17FN4OS2. The summed E-state index contributed by atoms with van der Waals surface area (Å²) < 4.78 is 14.9. The highest BCUT2D eigenvalue weighted by atomic mass is 32.2. The SMILES string of the molecule is C[C@@H](Sc1nnc(-c2ccc(F)cc2)n1C)C(=O)NCc1cccs1. The van der Waals surface area contributed by atoms with E-state index in [1.807, 2.05) is 31.5 Å². The molecule has 0 radical (unpaired) electrons. The van der Waals surface area contributed by atoms with Gasteiger partial charge in [0, 0.05) is 17.5 Å². The normalized spacial score (nSPS) is 12.1. The molecule has 0 fully saturated rings. The minimum Gasteiger partial charge on any atom is -0.350 e. The third-order valence-electron chi connectivity index (χ3n) is 3.61. The molecule has 0 aliphatic carbocycles. The molecule has 1 aromatic carbocycles. The van der Waals surface area contributed by atoms with Crippen LogP contribution in [0.1, 0.15) is 11.8 Å². The van der Waals surface area contributed by atoms with Crippen LogP contribution in [0.25, 0.3) is 11.4 Å². The first kappa shape index (κ1) is 17.6. The van der Waals surface area contributed by atoms with E-state index >= 15 is 0 Å². The van der Waals surface area contributed by atoms with Crippen molar-refractivity contribution < 1.29 is 9.18 Å². The molecule has 3 rings (SSSR count). The van der Waals surface area contributed by atoms with Crippen molar-refractivity contribution in [2.24, 2.45) is 7.05 Å². The lowest BCUT2D eigenvalue weighted by atomic mass is 10.2. The van der Waals surface area contributed by atoms with Crippen molar-refractivity contribution in [3.8, 4) is 11.4 Å². The molecular weight excluding hydrogens is 359 g/mol. The van der Waals surface area contributed by atoms with Gasteiger partial charge in [0.15, 0.2) is 11.0 Å². The van der Waals surface area contributed by atoms with Gasteiger partial charge in [-0.15, -0.1) is 21.5 Å². The summed E-state index contributed by atoms with van der Waals surface area (Å²) >= 11 is 2.95. The Kier molecular flexibility index (Phi) is 5.50. The first-order chi connectivity index (χ1) is 12.0. The van der Waals surface area contributed by atoms with E-state index in [2.05, 4.69) is 15.5 Å². The van der Waals surface area contributed by atoms with Crippen molar-refractivity contribution in [2.45, 2.75) is 23.9 Å². The molecule has 2 aromatic heterocycles. The molecule has 25 heavy (non-hydrogen) atoms. The summed E-state index contributed by atoms with van der Waals surface area (Å²) in [5, 5.41) is 13.5. The molecule has 0 unspecified atom stereocenters. The van der Waals surface area contributed by atoms with E-state index in [4.69, 9.17) is 0 Å². The number of halogens is 1. The molecule has 1 atom stereocenters. The Hall–Kier alpha value is -2.19. The number of thiophene rings is 1. The van der Waals surface area contributed by atoms with Crippen LogP contribution in [0.15, 0.2) is 46.9 Å². The lowest BCUT2D eigenvalue weighted by Crippen LogP contribution is -2.30. The van der Waals surface area contributed by atoms with Gasteiger partial charge < -0.3 is 9.88 Å². The topological polar surface area (TPSA) is 59.8 Å². The maximum absolute atomic E-state index is 13.1. The fourth-order valence-electron chi connectivity index (χ4n) is 2.21. The number of carbonyl (C=O) groups is 1. The Morgan fingerprint density at radius 3 is 2.76 bits per heavy atom. The Labute approximate surface area is 153 Å². The van der Waals surface area contributed by atoms with Gasteiger partial charge in [-0.1, -0.05) is 17.8 Å². The molecule has 0 saturated heterocycles. The molecule has 0 bridgehead atoms. The maximum Gasteiger partial charge on any atom is 0.233 e. The van der Waals surface area contributed by atoms with Crippen molar-refractivity contribution in [1.29, 1.82) is 0 Å². The van der Waals surface area contributed by atoms with Gasteiger partial charge in [-0.25, -0.2) is 4.39 Å². The van der Waals surface area contributed by atoms with Gasteiger partial charge in [0.2, 0.25) is 5.91 Å². The summed E-state index contributed by atoms with van der Waals surface area (Å²) in [7, 11) is 1.83. The minimum atomic E-state index is -0.302. The second-order valence-electron chi connectivity index (χ2n) is 5.43. The fourth-order valence-corrected chi connectivity index (χ4v) is 3.69. The second kappa shape index (κ2) is 7.79. The first-order valence-electron chi connectivity index (χ1n) is 7.66. The van der Waals surface area contributed by atoms with Crippen LogP contribution in [-0.4, -0.2) is 25.9 Å². The van der Waals surface area contributed by atoms with Crippen LogP contribution in [0.3, 0.4) is 0 Å². The highest BCUT2D eigenvalue weighted by molar-refractivity contribution is 8.00. The van der Waals surface area contributed by atoms with Crippen molar-refractivity contribution >= 4 is 29.0 Å². The van der Waals surface area contributed by atoms with Gasteiger partial charge in [0.05, 0.1) is 11.8 Å². The van der Waals surface area contributed by atoms with Gasteiger partial charge in [-0.3, -0.25) is 4.79 Å². The molecule has 8 heteroatoms. The van der Waals surface area contributed by atoms with E-state index < -0.39 is 0 Å². The third kappa shape index (κ3) is 4.26. The molecule has 0 aliphatic rings. The molecule has 1 amide bonds. The van der Waals surface area contributed by atoms with Gasteiger partial charge >= 0.3 is 0 Å². The second-order valence-corrected chi connectivity index (χ2v) is 7.77. The summed E-state index contributed by atoms with van der Waals surface area (Å²) in [4.78, 5) is 13.4. The summed E-state index contributed by atoms with van der Waals surface area (Å²) in [5.41, 5.74) is 0.776. The number of rotatable bonds is 6. The predicted octanol–water partition coefficient (Wildman–Crippen LogP) is 3.48. The largest absolute Gasteiger partial charge is 0.350 e. The van der Waals surface area contributed by atoms with E-state index in [0.717, 1.165) is 10.4 Å². The van der Waals surface area contributed by atoms with Crippen LogP contribution in [0.4, 0.5) is 4.39 Å². The number of hydrogen-bond acceptors (Lipinski definition) is 5. The molecule has 2 heterocycles. The zero-order valence-corrected chi connectivity index (χ0v) is 15.4. The van der Waals surface area contributed by atoms with Crippen LogP contribution in [0.2, 0.25) is 0 Å². The third-order valence-corrected chi connectivity index (χ3v) is 5.62. The number of benzene rings is 1. The quantitative estimate of drug-likeness (QED) is 0.669. The average molecular weight is 376 g/mol. The number of aromatic nitrogens is 3. The number of thioether (sulfide) groups is 1. The zero-order chi connectivity index (χ0) is 17.8. The number of carbonyl (C=O) groups excluding carboxylic acids is 1. The average Bonchev–Trinajstić information content (AvgIpc) is 3.24. The van der Waals surface area contributed by atoms with Gasteiger partial charge in [-0.2, -0.15) is 0 Å². The van der Waals surface area contributed by atoms with E-state index in [0.29, 0.717) is 17.5 Å². The molecule has 1 N–H and O–H groups in total. The van der Waals surface area contributed by atoms with Gasteiger partial charge in [0.25, 0.3) is 0 Å². The van der Waals surface area contributed by atoms with Crippen molar-refractivity contribution in [1.82, 2.24) is 20.1 Å². The number of nitrogens with zero attached hydrogens (tertiary/aromatic N) is 3. The van der Waals surface area contributed by atoms with Crippen molar-refractivity contribution in [2.75, 3.05) is 0 Å². The Balaban J connectivity index is 1.64. The fraction of sp³-hybridized carbons (Fsp3) is 0.235. The molecule has 130 valence electrons. The Morgan fingerprint density at radius 2 is 2.08 bits per heavy atom. The monoisotopic (exact) mass is 376 g/mol. The highest BCUT2D eigenvalue weighted by Crippen LogP contribution is 2.25. The van der Waals surface area contributed by atoms with E-state index in [1.54, 1.807) is 28.0 Å². The maximum atomic E-state index is 13.1. The molecule has 5 nitrogen and oxygen atoms in total. The smallest absolute Gasteiger partial charge is 0.233 e. The van der Waals surface area contributed by atoms with Crippen LogP contribution in [-0.2, 0) is 18.4 Å². The van der Waals surface area contributed by atoms with Crippen LogP contribution in [0.5, 0.6) is 0 Å². The van der Waals surface area contributed by atoms with E-state index in [9.17, 15) is 9.18 Å². The number of hydrogen-bond donors (Lipinski definition) is 1. The van der Waals surface area contributed by atoms with Crippen LogP contribution in [0, 0.1) is 5.82 Å². The van der Waals surface area contributed by atoms with Crippen molar-refractivity contribution in [3.05, 3.63) is 52.5 Å². The van der Waals surface area contributed by atoms with E-state index in [-0.39, 0.29) is 17.0 Å². The minimum absolute atomic E-state index is 0.0512. The van der Waals surface area contributed by atoms with Crippen LogP contribution >= 0.6 is 23.1 Å². The van der Waals surface area contributed by atoms with Crippen LogP contribution < -0.4 is 5.32 Å². The number of amides is 1. The Bertz CT molecular complexity index is 846. The lowest BCUT2D eigenvalue weighted by Gasteiger charge is -2.11. The van der Waals surface area contributed by atoms with Gasteiger partial charge in [-0.05, 0) is 42.6 Å². The summed E-state index contributed by atoms with van der Waals surface area (Å²) in [6.07, 6.45) is 0. The molecule has 3 aromatic rings. The number of nitrogens with one attached hydrogen (secondary N) is 1. The molecule has 0 spiro atoms. The first-order valence-corrected chi connectivity index (χ1v) is 9.42. The lowest BCUT2D eigenvalue weighted by molar-refractivity contribution is -0.120. The standard InChI is InChI=1S/C17H17FN4OS2/c1-11(16(23)19-10-14-4-3-9-24-14)25-17-21-20-15(22(17)2)12-5-7-13(18)8-6-12/h3-9,11H,10H2,1-2H3,(H,19,23)/t11-/m1/s1. The van der Waals surface area contributed by atoms with E-state index in [1.165, 1.54) is 23.9 Å². The summed E-state index contributed by atoms with van der Waals surface area (Å²) in [5.74, 6) is 0.287. The van der Waals surface area contributed by atoms with Gasteiger partial charge in [0.1, 0.15) is 5.82 Å². The predicted molar refractivity (Wildman–Crippen MR) is 97.9 cm³/mol. The zero-order valence-electron chi connectivity index (χ0n) is 13.8. The summed E-state index contributed by atoms with van der Waals surface area (Å²) in [6.45, 7) is 2.36. The summed E-state index contributed by atoms with van der Waals surface area (Å²) in [6, 6.07) is 10.0. The highest BCUT2D eigenvalue weighted by Gasteiger charge is 2.19. The molecule has 0 saturated carbocycles. The van der Waals surface area contributed by atoms with Crippen molar-refractivity contribution in [3.63, 3.8) is 0 Å². The Morgan fingerprint density at radius 1 is 1.32 bits per heavy atom.